The van der Waals surface area contributed by atoms with Crippen LogP contribution in [0.15, 0.2) is 0 Å². The number of nitrogens with one attached hydrogen (secondary N) is 1. The topological polar surface area (TPSA) is 15.3 Å². The first-order valence-electron chi connectivity index (χ1n) is 8.78. The van der Waals surface area contributed by atoms with Crippen LogP contribution in [0.1, 0.15) is 64.7 Å². The Hall–Kier alpha value is -0.0800. The average molecular weight is 264 g/mol. The number of nitrogens with zero attached hydrogens (tertiary/aromatic N) is 1. The number of rotatable bonds is 4. The lowest BCUT2D eigenvalue weighted by Gasteiger charge is -2.43. The summed E-state index contributed by atoms with van der Waals surface area (Å²) in [5, 5.41) is 3.68. The molecule has 3 unspecified atom stereocenters. The van der Waals surface area contributed by atoms with Crippen molar-refractivity contribution in [1.29, 1.82) is 0 Å². The van der Waals surface area contributed by atoms with Gasteiger partial charge in [0.15, 0.2) is 0 Å². The van der Waals surface area contributed by atoms with E-state index < -0.39 is 0 Å². The van der Waals surface area contributed by atoms with Crippen molar-refractivity contribution in [3.63, 3.8) is 0 Å². The van der Waals surface area contributed by atoms with Crippen LogP contribution in [0.2, 0.25) is 0 Å². The van der Waals surface area contributed by atoms with Gasteiger partial charge in [-0.3, -0.25) is 4.90 Å². The van der Waals surface area contributed by atoms with Crippen LogP contribution in [0.5, 0.6) is 0 Å². The second-order valence-electron chi connectivity index (χ2n) is 7.40. The maximum Gasteiger partial charge on any atom is 0.0124 e. The fourth-order valence-corrected chi connectivity index (χ4v) is 5.12. The van der Waals surface area contributed by atoms with Crippen molar-refractivity contribution in [3.05, 3.63) is 0 Å². The maximum atomic E-state index is 3.68. The largest absolute Gasteiger partial charge is 0.316 e. The smallest absolute Gasteiger partial charge is 0.0124 e. The summed E-state index contributed by atoms with van der Waals surface area (Å²) in [6, 6.07) is 0.949. The van der Waals surface area contributed by atoms with Crippen LogP contribution in [0.25, 0.3) is 0 Å². The molecular formula is C17H32N2. The van der Waals surface area contributed by atoms with Crippen molar-refractivity contribution < 1.29 is 0 Å². The lowest BCUT2D eigenvalue weighted by atomic mass is 9.76. The van der Waals surface area contributed by atoms with E-state index in [1.165, 1.54) is 84.0 Å². The number of fused-ring (bicyclic) bond motifs is 1. The second-order valence-corrected chi connectivity index (χ2v) is 7.40. The molecule has 2 nitrogen and oxygen atoms in total. The Labute approximate surface area is 119 Å². The molecule has 0 amide bonds. The van der Waals surface area contributed by atoms with Gasteiger partial charge in [-0.15, -0.1) is 0 Å². The fourth-order valence-electron chi connectivity index (χ4n) is 5.12. The highest BCUT2D eigenvalue weighted by Crippen LogP contribution is 2.40. The van der Waals surface area contributed by atoms with Crippen LogP contribution < -0.4 is 5.32 Å². The van der Waals surface area contributed by atoms with E-state index in [1.807, 2.05) is 0 Å². The van der Waals surface area contributed by atoms with Crippen molar-refractivity contribution in [2.24, 2.45) is 11.3 Å². The zero-order valence-corrected chi connectivity index (χ0v) is 12.8. The number of hydrogen-bond donors (Lipinski definition) is 1. The Morgan fingerprint density at radius 2 is 2.05 bits per heavy atom. The molecule has 1 saturated carbocycles. The highest BCUT2D eigenvalue weighted by atomic mass is 15.2. The number of piperidine rings is 1. The molecule has 0 radical (unpaired) electrons. The summed E-state index contributed by atoms with van der Waals surface area (Å²) in [5.41, 5.74) is 0.597. The SMILES string of the molecule is CCCC1(CN2CCC3CCCCC32)CCCNC1. The molecule has 3 rings (SSSR count). The molecule has 2 saturated heterocycles. The molecule has 1 aliphatic carbocycles. The number of hydrogen-bond acceptors (Lipinski definition) is 2. The fraction of sp³-hybridized carbons (Fsp3) is 1.00. The summed E-state index contributed by atoms with van der Waals surface area (Å²) < 4.78 is 0. The first kappa shape index (κ1) is 13.9. The minimum atomic E-state index is 0.597. The lowest BCUT2D eigenvalue weighted by Crippen LogP contribution is -2.49. The molecule has 0 aromatic rings. The molecular weight excluding hydrogens is 232 g/mol. The Bertz CT molecular complexity index is 277. The van der Waals surface area contributed by atoms with Crippen molar-refractivity contribution in [3.8, 4) is 0 Å². The summed E-state index contributed by atoms with van der Waals surface area (Å²) in [6.45, 7) is 7.66. The van der Waals surface area contributed by atoms with Gasteiger partial charge >= 0.3 is 0 Å². The molecule has 0 spiro atoms. The van der Waals surface area contributed by atoms with Crippen molar-refractivity contribution in [1.82, 2.24) is 10.2 Å². The highest BCUT2D eigenvalue weighted by molar-refractivity contribution is 4.95. The lowest BCUT2D eigenvalue weighted by molar-refractivity contribution is 0.0805. The van der Waals surface area contributed by atoms with Gasteiger partial charge < -0.3 is 5.32 Å². The Morgan fingerprint density at radius 1 is 1.16 bits per heavy atom. The van der Waals surface area contributed by atoms with E-state index in [0.717, 1.165) is 12.0 Å². The predicted molar refractivity (Wildman–Crippen MR) is 81.4 cm³/mol. The van der Waals surface area contributed by atoms with Gasteiger partial charge in [-0.2, -0.15) is 0 Å². The van der Waals surface area contributed by atoms with E-state index in [4.69, 9.17) is 0 Å². The van der Waals surface area contributed by atoms with Gasteiger partial charge in [0, 0.05) is 19.1 Å². The van der Waals surface area contributed by atoms with Gasteiger partial charge in [-0.1, -0.05) is 26.2 Å². The van der Waals surface area contributed by atoms with Crippen molar-refractivity contribution >= 4 is 0 Å². The highest BCUT2D eigenvalue weighted by Gasteiger charge is 2.40. The molecule has 0 aromatic heterocycles. The molecule has 3 atom stereocenters. The second kappa shape index (κ2) is 6.13. The van der Waals surface area contributed by atoms with Crippen LogP contribution in [0.4, 0.5) is 0 Å². The third-order valence-corrected chi connectivity index (χ3v) is 6.00. The van der Waals surface area contributed by atoms with Gasteiger partial charge in [0.05, 0.1) is 0 Å². The molecule has 3 fully saturated rings. The van der Waals surface area contributed by atoms with Gasteiger partial charge in [0.2, 0.25) is 0 Å². The number of likely N-dealkylation sites (tertiary alicyclic amines) is 1. The van der Waals surface area contributed by atoms with Gasteiger partial charge in [0.1, 0.15) is 0 Å². The molecule has 2 heterocycles. The third-order valence-electron chi connectivity index (χ3n) is 6.00. The van der Waals surface area contributed by atoms with Crippen LogP contribution in [0.3, 0.4) is 0 Å². The third kappa shape index (κ3) is 3.00. The van der Waals surface area contributed by atoms with Gasteiger partial charge in [-0.05, 0) is 62.9 Å². The van der Waals surface area contributed by atoms with Crippen molar-refractivity contribution in [2.75, 3.05) is 26.2 Å². The van der Waals surface area contributed by atoms with E-state index in [0.29, 0.717) is 5.41 Å². The van der Waals surface area contributed by atoms with Crippen LogP contribution in [-0.2, 0) is 0 Å². The van der Waals surface area contributed by atoms with Gasteiger partial charge in [-0.25, -0.2) is 0 Å². The minimum Gasteiger partial charge on any atom is -0.316 e. The molecule has 3 aliphatic rings. The normalized spacial score (nSPS) is 40.3. The van der Waals surface area contributed by atoms with Crippen LogP contribution in [0, 0.1) is 11.3 Å². The molecule has 0 bridgehead atoms. The molecule has 0 aromatic carbocycles. The van der Waals surface area contributed by atoms with E-state index in [1.54, 1.807) is 0 Å². The zero-order chi connectivity index (χ0) is 13.1. The van der Waals surface area contributed by atoms with Gasteiger partial charge in [0.25, 0.3) is 0 Å². The minimum absolute atomic E-state index is 0.597. The maximum absolute atomic E-state index is 3.68. The Balaban J connectivity index is 1.64. The molecule has 2 heteroatoms. The van der Waals surface area contributed by atoms with E-state index in [-0.39, 0.29) is 0 Å². The monoisotopic (exact) mass is 264 g/mol. The molecule has 2 aliphatic heterocycles. The van der Waals surface area contributed by atoms with E-state index in [2.05, 4.69) is 17.1 Å². The van der Waals surface area contributed by atoms with Crippen LogP contribution >= 0.6 is 0 Å². The van der Waals surface area contributed by atoms with Crippen molar-refractivity contribution in [2.45, 2.75) is 70.8 Å². The summed E-state index contributed by atoms with van der Waals surface area (Å²) >= 11 is 0. The summed E-state index contributed by atoms with van der Waals surface area (Å²) in [5.74, 6) is 1.05. The first-order chi connectivity index (χ1) is 9.33. The first-order valence-corrected chi connectivity index (χ1v) is 8.78. The predicted octanol–water partition coefficient (Wildman–Crippen LogP) is 3.42. The Morgan fingerprint density at radius 3 is 2.84 bits per heavy atom. The molecule has 110 valence electrons. The quantitative estimate of drug-likeness (QED) is 0.837. The molecule has 19 heavy (non-hydrogen) atoms. The summed E-state index contributed by atoms with van der Waals surface area (Å²) in [4.78, 5) is 2.90. The standard InChI is InChI=1S/C17H32N2/c1-2-9-17(10-5-11-18-13-17)14-19-12-8-15-6-3-4-7-16(15)19/h15-16,18H,2-14H2,1H3. The summed E-state index contributed by atoms with van der Waals surface area (Å²) in [6.07, 6.45) is 13.1. The average Bonchev–Trinajstić information content (AvgIpc) is 2.83. The summed E-state index contributed by atoms with van der Waals surface area (Å²) in [7, 11) is 0. The van der Waals surface area contributed by atoms with E-state index >= 15 is 0 Å². The Kier molecular flexibility index (Phi) is 4.48. The zero-order valence-electron chi connectivity index (χ0n) is 12.8. The van der Waals surface area contributed by atoms with Crippen LogP contribution in [-0.4, -0.2) is 37.1 Å². The van der Waals surface area contributed by atoms with E-state index in [9.17, 15) is 0 Å². The molecule has 1 N–H and O–H groups in total.